The topological polar surface area (TPSA) is 218 Å². The van der Waals surface area contributed by atoms with Gasteiger partial charge in [0.15, 0.2) is 0 Å². The third-order valence-corrected chi connectivity index (χ3v) is 8.19. The molecule has 57 heavy (non-hydrogen) atoms. The molecule has 0 aromatic heterocycles. The van der Waals surface area contributed by atoms with Gasteiger partial charge in [0.2, 0.25) is 17.7 Å². The Morgan fingerprint density at radius 1 is 0.614 bits per heavy atom. The molecule has 0 spiro atoms. The third-order valence-electron chi connectivity index (χ3n) is 7.64. The smallest absolute Gasteiger partial charge is 0.373 e. The van der Waals surface area contributed by atoms with Crippen molar-refractivity contribution in [1.82, 2.24) is 21.3 Å². The fourth-order valence-electron chi connectivity index (χ4n) is 4.90. The Morgan fingerprint density at radius 2 is 0.965 bits per heavy atom. The summed E-state index contributed by atoms with van der Waals surface area (Å²) >= 11 is 0. The lowest BCUT2D eigenvalue weighted by molar-refractivity contribution is -0.121. The molecule has 1 rings (SSSR count). The first-order chi connectivity index (χ1) is 27.4. The van der Waals surface area contributed by atoms with Crippen molar-refractivity contribution in [3.05, 3.63) is 29.8 Å². The van der Waals surface area contributed by atoms with E-state index in [1.165, 1.54) is 24.3 Å². The van der Waals surface area contributed by atoms with Gasteiger partial charge in [-0.2, -0.15) is 0 Å². The monoisotopic (exact) mass is 820 g/mol. The van der Waals surface area contributed by atoms with Crippen molar-refractivity contribution in [2.24, 2.45) is 0 Å². The summed E-state index contributed by atoms with van der Waals surface area (Å²) in [6, 6.07) is 5.55. The number of nitrogens with one attached hydrogen (secondary N) is 4. The zero-order valence-corrected chi connectivity index (χ0v) is 33.6. The molecule has 4 amide bonds. The predicted octanol–water partition coefficient (Wildman–Crippen LogP) is 1.04. The van der Waals surface area contributed by atoms with Gasteiger partial charge in [-0.3, -0.25) is 19.2 Å². The van der Waals surface area contributed by atoms with Gasteiger partial charge in [0, 0.05) is 56.7 Å². The molecule has 0 aliphatic rings. The molecule has 0 radical (unpaired) electrons. The maximum atomic E-state index is 13.7. The zero-order valence-electron chi connectivity index (χ0n) is 32.7. The van der Waals surface area contributed by atoms with E-state index in [0.29, 0.717) is 39.6 Å². The largest absolute Gasteiger partial charge is 0.425 e. The number of ether oxygens (including phenoxy) is 6. The Bertz CT molecular complexity index is 1390. The highest BCUT2D eigenvalue weighted by Gasteiger charge is 2.34. The van der Waals surface area contributed by atoms with Crippen LogP contribution in [0.15, 0.2) is 24.3 Å². The molecule has 0 fully saturated rings. The maximum Gasteiger partial charge on any atom is 0.373 e. The van der Waals surface area contributed by atoms with E-state index in [1.807, 2.05) is 0 Å². The summed E-state index contributed by atoms with van der Waals surface area (Å²) < 4.78 is 48.5. The molecule has 5 N–H and O–H groups in total. The van der Waals surface area contributed by atoms with Crippen LogP contribution < -0.4 is 25.8 Å². The normalized spacial score (nSPS) is 11.9. The third kappa shape index (κ3) is 27.7. The molecule has 18 heteroatoms. The van der Waals surface area contributed by atoms with Gasteiger partial charge in [-0.05, 0) is 43.5 Å². The van der Waals surface area contributed by atoms with Crippen LogP contribution in [0.5, 0.6) is 5.75 Å². The molecule has 0 aliphatic heterocycles. The van der Waals surface area contributed by atoms with Crippen molar-refractivity contribution in [1.29, 1.82) is 0 Å². The molecule has 1 aromatic carbocycles. The van der Waals surface area contributed by atoms with Crippen LogP contribution in [0.2, 0.25) is 0 Å². The molecule has 17 nitrogen and oxygen atoms in total. The summed E-state index contributed by atoms with van der Waals surface area (Å²) in [6.07, 6.45) is 15.5. The van der Waals surface area contributed by atoms with Crippen molar-refractivity contribution in [2.45, 2.75) is 44.1 Å². The first-order valence-corrected chi connectivity index (χ1v) is 20.5. The van der Waals surface area contributed by atoms with Crippen molar-refractivity contribution >= 4 is 31.2 Å². The number of benzene rings is 1. The fourth-order valence-corrected chi connectivity index (χ4v) is 5.42. The molecule has 1 unspecified atom stereocenters. The Kier molecular flexibility index (Phi) is 28.0. The summed E-state index contributed by atoms with van der Waals surface area (Å²) in [5.74, 6) is 5.58. The number of hydrogen-bond acceptors (Lipinski definition) is 12. The first kappa shape index (κ1) is 50.5. The van der Waals surface area contributed by atoms with Gasteiger partial charge in [0.05, 0.1) is 59.5 Å². The molecule has 0 saturated carbocycles. The Morgan fingerprint density at radius 3 is 1.30 bits per heavy atom. The number of carbonyl (C=O) groups excluding carboxylic acids is 4. The highest BCUT2D eigenvalue weighted by molar-refractivity contribution is 7.52. The van der Waals surface area contributed by atoms with Gasteiger partial charge in [0.1, 0.15) is 25.6 Å². The first-order valence-electron chi connectivity index (χ1n) is 18.4. The minimum Gasteiger partial charge on any atom is -0.425 e. The Labute approximate surface area is 335 Å². The van der Waals surface area contributed by atoms with E-state index >= 15 is 0 Å². The Balaban J connectivity index is 3.08. The second kappa shape index (κ2) is 31.6. The molecule has 0 saturated heterocycles. The van der Waals surface area contributed by atoms with Crippen LogP contribution in [0.3, 0.4) is 0 Å². The zero-order chi connectivity index (χ0) is 42.0. The second-order valence-electron chi connectivity index (χ2n) is 12.3. The van der Waals surface area contributed by atoms with Crippen molar-refractivity contribution in [2.75, 3.05) is 106 Å². The quantitative estimate of drug-likeness (QED) is 0.0374. The average molecular weight is 821 g/mol. The van der Waals surface area contributed by atoms with Gasteiger partial charge in [-0.15, -0.1) is 19.3 Å². The van der Waals surface area contributed by atoms with Crippen molar-refractivity contribution < 1.29 is 61.6 Å². The molecule has 1 atom stereocenters. The molecular weight excluding hydrogens is 763 g/mol. The number of amides is 4. The lowest BCUT2D eigenvalue weighted by Gasteiger charge is -2.35. The van der Waals surface area contributed by atoms with Crippen LogP contribution in [0, 0.1) is 37.0 Å². The highest BCUT2D eigenvalue weighted by atomic mass is 31.2. The number of carbonyl (C=O) groups is 4. The van der Waals surface area contributed by atoms with Gasteiger partial charge >= 0.3 is 7.60 Å². The summed E-state index contributed by atoms with van der Waals surface area (Å²) in [7, 11) is -3.84. The predicted molar refractivity (Wildman–Crippen MR) is 211 cm³/mol. The van der Waals surface area contributed by atoms with Crippen LogP contribution in [-0.4, -0.2) is 140 Å². The second-order valence-corrected chi connectivity index (χ2v) is 14.1. The number of terminal acetylenes is 3. The molecule has 0 bridgehead atoms. The molecule has 0 heterocycles. The maximum absolute atomic E-state index is 13.7. The molecule has 1 aromatic rings. The van der Waals surface area contributed by atoms with Crippen LogP contribution >= 0.6 is 7.60 Å². The van der Waals surface area contributed by atoms with E-state index < -0.39 is 19.0 Å². The summed E-state index contributed by atoms with van der Waals surface area (Å²) in [6.45, 7) is 4.64. The molecule has 316 valence electrons. The van der Waals surface area contributed by atoms with Crippen LogP contribution in [0.25, 0.3) is 0 Å². The van der Waals surface area contributed by atoms with E-state index in [-0.39, 0.29) is 127 Å². The summed E-state index contributed by atoms with van der Waals surface area (Å²) in [5.41, 5.74) is -1.05. The minimum absolute atomic E-state index is 0.0605. The van der Waals surface area contributed by atoms with Crippen LogP contribution in [0.1, 0.15) is 48.9 Å². The van der Waals surface area contributed by atoms with E-state index in [4.69, 9.17) is 52.2 Å². The van der Waals surface area contributed by atoms with Crippen molar-refractivity contribution in [3.8, 4) is 42.8 Å². The lowest BCUT2D eigenvalue weighted by Crippen LogP contribution is -2.50. The van der Waals surface area contributed by atoms with Gasteiger partial charge in [0.25, 0.3) is 5.91 Å². The molecule has 0 aliphatic carbocycles. The van der Waals surface area contributed by atoms with E-state index in [9.17, 15) is 28.6 Å². The number of rotatable bonds is 34. The van der Waals surface area contributed by atoms with E-state index in [2.05, 4.69) is 39.0 Å². The molecular formula is C39H57N4O13P. The summed E-state index contributed by atoms with van der Waals surface area (Å²) in [5, 5.41) is 11.3. The highest BCUT2D eigenvalue weighted by Crippen LogP contribution is 2.38. The SMILES string of the molecule is C#CCOCCOCCNC(=O)CCC(CCC(=O)NCCOCCOCC#C)(CCC(=O)NCCOCCOCC#C)NC(=O)c1ccc(OP(C)(=O)O)cc1. The number of hydrogen-bond donors (Lipinski definition) is 5. The lowest BCUT2D eigenvalue weighted by atomic mass is 9.82. The standard InChI is InChI=1S/C39H57N4O13P/c1-5-21-50-27-30-53-24-18-40-35(44)12-15-39(16-13-36(45)41-19-25-54-31-28-51-22-6-2,17-14-37(46)42-20-26-55-32-29-52-23-7-3)43-38(47)33-8-10-34(11-9-33)56-57(4,48)49/h1-3,8-11H,12-32H2,4H3,(H,40,44)(H,41,45)(H,42,46)(H,43,47)(H,48,49). The van der Waals surface area contributed by atoms with E-state index in [0.717, 1.165) is 6.66 Å². The van der Waals surface area contributed by atoms with Crippen molar-refractivity contribution in [3.63, 3.8) is 0 Å². The summed E-state index contributed by atoms with van der Waals surface area (Å²) in [4.78, 5) is 62.3. The van der Waals surface area contributed by atoms with E-state index in [1.54, 1.807) is 0 Å². The average Bonchev–Trinajstić information content (AvgIpc) is 3.18. The Hall–Kier alpha value is -4.47. The fraction of sp³-hybridized carbons (Fsp3) is 0.590. The van der Waals surface area contributed by atoms with Crippen LogP contribution in [-0.2, 0) is 47.4 Å². The van der Waals surface area contributed by atoms with Gasteiger partial charge in [-0.25, -0.2) is 4.57 Å². The van der Waals surface area contributed by atoms with Crippen LogP contribution in [0.4, 0.5) is 0 Å². The van der Waals surface area contributed by atoms with Gasteiger partial charge < -0.3 is 59.1 Å². The minimum atomic E-state index is -3.84. The van der Waals surface area contributed by atoms with Gasteiger partial charge in [-0.1, -0.05) is 17.8 Å².